The summed E-state index contributed by atoms with van der Waals surface area (Å²) in [5.74, 6) is 6.11. The second kappa shape index (κ2) is 12.6. The average molecular weight is 521 g/mol. The number of aliphatic hydroxyl groups is 4. The summed E-state index contributed by atoms with van der Waals surface area (Å²) in [7, 11) is 0. The van der Waals surface area contributed by atoms with Gasteiger partial charge in [-0.3, -0.25) is 0 Å². The van der Waals surface area contributed by atoms with Gasteiger partial charge in [0.05, 0.1) is 24.4 Å². The van der Waals surface area contributed by atoms with Gasteiger partial charge in [0.2, 0.25) is 0 Å². The molecule has 4 rings (SSSR count). The fourth-order valence-electron chi connectivity index (χ4n) is 9.81. The zero-order chi connectivity index (χ0) is 27.0. The molecule has 4 N–H and O–H groups in total. The Morgan fingerprint density at radius 3 is 1.16 bits per heavy atom. The van der Waals surface area contributed by atoms with Crippen LogP contribution in [0.3, 0.4) is 0 Å². The third-order valence-electron chi connectivity index (χ3n) is 12.6. The molecule has 0 radical (unpaired) electrons. The Balaban J connectivity index is 1.42. The predicted octanol–water partition coefficient (Wildman–Crippen LogP) is 6.29. The molecule has 4 aliphatic carbocycles. The maximum absolute atomic E-state index is 11.3. The van der Waals surface area contributed by atoms with E-state index in [1.54, 1.807) is 0 Å². The monoisotopic (exact) mass is 520 g/mol. The van der Waals surface area contributed by atoms with Gasteiger partial charge >= 0.3 is 0 Å². The Morgan fingerprint density at radius 2 is 0.811 bits per heavy atom. The normalized spacial score (nSPS) is 53.7. The molecule has 4 nitrogen and oxygen atoms in total. The fraction of sp³-hybridized carbons (Fsp3) is 1.00. The summed E-state index contributed by atoms with van der Waals surface area (Å²) >= 11 is 0. The van der Waals surface area contributed by atoms with Crippen molar-refractivity contribution in [3.8, 4) is 0 Å². The van der Waals surface area contributed by atoms with Crippen LogP contribution in [0.5, 0.6) is 0 Å². The minimum Gasteiger partial charge on any atom is -0.393 e. The van der Waals surface area contributed by atoms with E-state index < -0.39 is 0 Å². The molecule has 0 bridgehead atoms. The van der Waals surface area contributed by atoms with Crippen molar-refractivity contribution in [2.24, 2.45) is 71.0 Å². The highest BCUT2D eigenvalue weighted by Crippen LogP contribution is 2.51. The molecule has 0 saturated heterocycles. The Bertz CT molecular complexity index is 654. The van der Waals surface area contributed by atoms with Gasteiger partial charge in [0.25, 0.3) is 0 Å². The lowest BCUT2D eigenvalue weighted by atomic mass is 9.57. The lowest BCUT2D eigenvalue weighted by molar-refractivity contribution is -0.0774. The van der Waals surface area contributed by atoms with Crippen LogP contribution in [-0.4, -0.2) is 44.8 Å². The molecule has 0 spiro atoms. The molecule has 0 aromatic heterocycles. The summed E-state index contributed by atoms with van der Waals surface area (Å²) in [4.78, 5) is 0. The van der Waals surface area contributed by atoms with Crippen LogP contribution in [0.15, 0.2) is 0 Å². The van der Waals surface area contributed by atoms with Crippen molar-refractivity contribution in [2.75, 3.05) is 0 Å². The van der Waals surface area contributed by atoms with Gasteiger partial charge in [-0.2, -0.15) is 0 Å². The topological polar surface area (TPSA) is 80.9 Å². The molecule has 216 valence electrons. The molecule has 16 atom stereocenters. The van der Waals surface area contributed by atoms with Crippen LogP contribution in [-0.2, 0) is 0 Å². The lowest BCUT2D eigenvalue weighted by Gasteiger charge is -2.50. The largest absolute Gasteiger partial charge is 0.393 e. The maximum Gasteiger partial charge on any atom is 0.0596 e. The van der Waals surface area contributed by atoms with Crippen LogP contribution in [0.2, 0.25) is 0 Å². The Kier molecular flexibility index (Phi) is 10.1. The third-order valence-corrected chi connectivity index (χ3v) is 12.6. The predicted molar refractivity (Wildman–Crippen MR) is 151 cm³/mol. The second-order valence-corrected chi connectivity index (χ2v) is 15.1. The first-order valence-corrected chi connectivity index (χ1v) is 16.2. The van der Waals surface area contributed by atoms with E-state index in [0.29, 0.717) is 71.0 Å². The highest BCUT2D eigenvalue weighted by molar-refractivity contribution is 4.96. The van der Waals surface area contributed by atoms with E-state index in [9.17, 15) is 20.4 Å². The van der Waals surface area contributed by atoms with E-state index in [4.69, 9.17) is 0 Å². The van der Waals surface area contributed by atoms with Crippen LogP contribution < -0.4 is 0 Å². The summed E-state index contributed by atoms with van der Waals surface area (Å²) < 4.78 is 0. The van der Waals surface area contributed by atoms with Crippen LogP contribution in [0.4, 0.5) is 0 Å². The van der Waals surface area contributed by atoms with E-state index >= 15 is 0 Å². The molecule has 4 heteroatoms. The van der Waals surface area contributed by atoms with Crippen molar-refractivity contribution in [3.05, 3.63) is 0 Å². The van der Waals surface area contributed by atoms with Gasteiger partial charge in [-0.25, -0.2) is 0 Å². The molecular weight excluding hydrogens is 460 g/mol. The van der Waals surface area contributed by atoms with E-state index in [-0.39, 0.29) is 24.4 Å². The molecule has 0 aromatic rings. The molecule has 4 saturated carbocycles. The molecule has 4 aliphatic rings. The Labute approximate surface area is 228 Å². The number of aliphatic hydroxyl groups excluding tert-OH is 4. The molecule has 0 amide bonds. The Hall–Kier alpha value is -0.160. The first-order chi connectivity index (χ1) is 17.5. The zero-order valence-electron chi connectivity index (χ0n) is 24.8. The second-order valence-electron chi connectivity index (χ2n) is 15.1. The van der Waals surface area contributed by atoms with Crippen molar-refractivity contribution in [3.63, 3.8) is 0 Å². The first-order valence-electron chi connectivity index (χ1n) is 16.2. The minimum atomic E-state index is -0.203. The quantitative estimate of drug-likeness (QED) is 0.332. The molecule has 16 unspecified atom stereocenters. The first kappa shape index (κ1) is 29.8. The number of rotatable bonds is 6. The van der Waals surface area contributed by atoms with Gasteiger partial charge in [0, 0.05) is 0 Å². The van der Waals surface area contributed by atoms with Crippen LogP contribution in [0.1, 0.15) is 112 Å². The van der Waals surface area contributed by atoms with Gasteiger partial charge < -0.3 is 20.4 Å². The van der Waals surface area contributed by atoms with Gasteiger partial charge in [-0.15, -0.1) is 0 Å². The number of hydrogen-bond acceptors (Lipinski definition) is 4. The van der Waals surface area contributed by atoms with Crippen LogP contribution >= 0.6 is 0 Å². The summed E-state index contributed by atoms with van der Waals surface area (Å²) in [5, 5.41) is 42.8. The van der Waals surface area contributed by atoms with E-state index in [1.807, 2.05) is 0 Å². The molecule has 0 heterocycles. The molecular formula is C33H60O4. The van der Waals surface area contributed by atoms with Crippen LogP contribution in [0.25, 0.3) is 0 Å². The van der Waals surface area contributed by atoms with E-state index in [1.165, 1.54) is 6.42 Å². The maximum atomic E-state index is 11.3. The molecule has 0 aliphatic heterocycles. The van der Waals surface area contributed by atoms with Gasteiger partial charge in [0.15, 0.2) is 0 Å². The van der Waals surface area contributed by atoms with Gasteiger partial charge in [0.1, 0.15) is 0 Å². The molecule has 0 aromatic carbocycles. The zero-order valence-corrected chi connectivity index (χ0v) is 24.8. The summed E-state index contributed by atoms with van der Waals surface area (Å²) in [5.41, 5.74) is 0. The van der Waals surface area contributed by atoms with Gasteiger partial charge in [-0.1, -0.05) is 41.5 Å². The van der Waals surface area contributed by atoms with Crippen molar-refractivity contribution < 1.29 is 20.4 Å². The van der Waals surface area contributed by atoms with Crippen molar-refractivity contribution in [2.45, 2.75) is 137 Å². The minimum absolute atomic E-state index is 0.133. The summed E-state index contributed by atoms with van der Waals surface area (Å²) in [6.45, 7) is 14.0. The highest BCUT2D eigenvalue weighted by atomic mass is 16.3. The van der Waals surface area contributed by atoms with Gasteiger partial charge in [-0.05, 0) is 142 Å². The smallest absolute Gasteiger partial charge is 0.0596 e. The van der Waals surface area contributed by atoms with Crippen molar-refractivity contribution in [1.82, 2.24) is 0 Å². The third kappa shape index (κ3) is 6.77. The Morgan fingerprint density at radius 1 is 0.432 bits per heavy atom. The van der Waals surface area contributed by atoms with Crippen molar-refractivity contribution in [1.29, 1.82) is 0 Å². The molecule has 37 heavy (non-hydrogen) atoms. The summed E-state index contributed by atoms with van der Waals surface area (Å²) in [6.07, 6.45) is 10.9. The van der Waals surface area contributed by atoms with Crippen LogP contribution in [0, 0.1) is 71.0 Å². The van der Waals surface area contributed by atoms with E-state index in [2.05, 4.69) is 41.5 Å². The summed E-state index contributed by atoms with van der Waals surface area (Å²) in [6, 6.07) is 0. The van der Waals surface area contributed by atoms with Crippen molar-refractivity contribution >= 4 is 0 Å². The fourth-order valence-corrected chi connectivity index (χ4v) is 9.81. The SMILES string of the molecule is CC1CC(O)CCC1CC1C(C)C(CC2CC(C)C(O)C(CC3CCC(O)CC3C)C2C)CC(C)C1O. The van der Waals surface area contributed by atoms with E-state index in [0.717, 1.165) is 64.2 Å². The highest BCUT2D eigenvalue weighted by Gasteiger charge is 2.46. The average Bonchev–Trinajstić information content (AvgIpc) is 2.83. The standard InChI is InChI=1S/C33H60O4/c1-18-13-28(34)9-7-24(18)16-30-22(5)26(11-20(3)32(30)36)15-27-12-21(4)33(37)31(23(27)6)17-25-8-10-29(35)14-19(25)2/h18-37H,7-17H2,1-6H3. The number of hydrogen-bond donors (Lipinski definition) is 4. The molecule has 4 fully saturated rings. The lowest BCUT2D eigenvalue weighted by Crippen LogP contribution is -2.47.